The monoisotopic (exact) mass is 380 g/mol. The van der Waals surface area contributed by atoms with Crippen molar-refractivity contribution < 1.29 is 14.4 Å². The normalized spacial score (nSPS) is 22.3. The van der Waals surface area contributed by atoms with Gasteiger partial charge in [0.25, 0.3) is 5.91 Å². The predicted molar refractivity (Wildman–Crippen MR) is 99.8 cm³/mol. The second kappa shape index (κ2) is 9.00. The fraction of sp³-hybridized carbons (Fsp3) is 0.500. The fourth-order valence-electron chi connectivity index (χ4n) is 3.35. The van der Waals surface area contributed by atoms with Crippen molar-refractivity contribution in [3.8, 4) is 0 Å². The van der Waals surface area contributed by atoms with E-state index in [0.717, 1.165) is 24.8 Å². The molecular weight excluding hydrogens is 356 g/mol. The molecule has 3 amide bonds. The molecular formula is C18H25ClN4O3. The largest absolute Gasteiger partial charge is 0.353 e. The zero-order valence-electron chi connectivity index (χ0n) is 14.6. The lowest BCUT2D eigenvalue weighted by Crippen LogP contribution is -2.49. The Labute approximate surface area is 159 Å². The first-order valence-corrected chi connectivity index (χ1v) is 8.71. The molecule has 1 saturated carbocycles. The number of halogens is 1. The molecule has 1 aliphatic carbocycles. The second-order valence-electron chi connectivity index (χ2n) is 6.76. The van der Waals surface area contributed by atoms with Crippen molar-refractivity contribution in [1.82, 2.24) is 15.5 Å². The number of nitrogens with one attached hydrogen (secondary N) is 2. The van der Waals surface area contributed by atoms with E-state index in [0.29, 0.717) is 25.2 Å². The van der Waals surface area contributed by atoms with Crippen molar-refractivity contribution in [1.29, 1.82) is 0 Å². The van der Waals surface area contributed by atoms with Gasteiger partial charge in [0.15, 0.2) is 0 Å². The zero-order chi connectivity index (χ0) is 17.8. The molecule has 3 rings (SSSR count). The SMILES string of the molecule is Cl.NC1CCC(C(=O)NCc2ccc(C(=O)N3CCNC(=O)C3)cc2)C1. The first-order valence-electron chi connectivity index (χ1n) is 8.71. The minimum absolute atomic E-state index is 0. The first kappa shape index (κ1) is 20.2. The Balaban J connectivity index is 0.00000243. The average Bonchev–Trinajstić information content (AvgIpc) is 3.06. The third-order valence-corrected chi connectivity index (χ3v) is 4.84. The summed E-state index contributed by atoms with van der Waals surface area (Å²) >= 11 is 0. The average molecular weight is 381 g/mol. The van der Waals surface area contributed by atoms with E-state index in [9.17, 15) is 14.4 Å². The second-order valence-corrected chi connectivity index (χ2v) is 6.76. The Bertz CT molecular complexity index is 665. The third kappa shape index (κ3) is 4.95. The molecule has 4 N–H and O–H groups in total. The van der Waals surface area contributed by atoms with Gasteiger partial charge in [0.2, 0.25) is 11.8 Å². The number of hydrogen-bond acceptors (Lipinski definition) is 4. The van der Waals surface area contributed by atoms with Gasteiger partial charge in [-0.2, -0.15) is 0 Å². The molecule has 2 unspecified atom stereocenters. The molecule has 1 aromatic carbocycles. The van der Waals surface area contributed by atoms with Crippen molar-refractivity contribution >= 4 is 30.1 Å². The van der Waals surface area contributed by atoms with Gasteiger partial charge in [0.05, 0.1) is 6.54 Å². The zero-order valence-corrected chi connectivity index (χ0v) is 15.4. The van der Waals surface area contributed by atoms with Crippen LogP contribution < -0.4 is 16.4 Å². The highest BCUT2D eigenvalue weighted by atomic mass is 35.5. The van der Waals surface area contributed by atoms with Crippen molar-refractivity contribution in [2.24, 2.45) is 11.7 Å². The number of nitrogens with two attached hydrogens (primary N) is 1. The maximum absolute atomic E-state index is 12.4. The van der Waals surface area contributed by atoms with Crippen molar-refractivity contribution in [3.05, 3.63) is 35.4 Å². The number of benzene rings is 1. The third-order valence-electron chi connectivity index (χ3n) is 4.84. The van der Waals surface area contributed by atoms with Gasteiger partial charge in [-0.15, -0.1) is 12.4 Å². The molecule has 0 spiro atoms. The number of rotatable bonds is 4. The van der Waals surface area contributed by atoms with Crippen LogP contribution in [0, 0.1) is 5.92 Å². The molecule has 2 atom stereocenters. The lowest BCUT2D eigenvalue weighted by Gasteiger charge is -2.26. The van der Waals surface area contributed by atoms with E-state index in [4.69, 9.17) is 5.73 Å². The summed E-state index contributed by atoms with van der Waals surface area (Å²) in [5.41, 5.74) is 7.33. The molecule has 2 aliphatic rings. The molecule has 0 bridgehead atoms. The van der Waals surface area contributed by atoms with E-state index in [1.54, 1.807) is 17.0 Å². The van der Waals surface area contributed by atoms with Crippen molar-refractivity contribution in [3.63, 3.8) is 0 Å². The van der Waals surface area contributed by atoms with Crippen LogP contribution in [0.1, 0.15) is 35.2 Å². The molecule has 142 valence electrons. The summed E-state index contributed by atoms with van der Waals surface area (Å²) in [7, 11) is 0. The first-order chi connectivity index (χ1) is 12.0. The van der Waals surface area contributed by atoms with E-state index >= 15 is 0 Å². The van der Waals surface area contributed by atoms with Gasteiger partial charge in [-0.05, 0) is 37.0 Å². The highest BCUT2D eigenvalue weighted by Gasteiger charge is 2.27. The molecule has 1 aliphatic heterocycles. The van der Waals surface area contributed by atoms with Crippen molar-refractivity contribution in [2.75, 3.05) is 19.6 Å². The van der Waals surface area contributed by atoms with Crippen LogP contribution in [-0.4, -0.2) is 48.3 Å². The minimum atomic E-state index is -0.148. The Morgan fingerprint density at radius 2 is 1.96 bits per heavy atom. The molecule has 8 heteroatoms. The van der Waals surface area contributed by atoms with Gasteiger partial charge in [0.1, 0.15) is 0 Å². The van der Waals surface area contributed by atoms with Gasteiger partial charge < -0.3 is 21.3 Å². The molecule has 1 aromatic rings. The smallest absolute Gasteiger partial charge is 0.254 e. The summed E-state index contributed by atoms with van der Waals surface area (Å²) in [5, 5.41) is 5.64. The molecule has 0 aromatic heterocycles. The topological polar surface area (TPSA) is 105 Å². The van der Waals surface area contributed by atoms with Crippen LogP contribution in [0.2, 0.25) is 0 Å². The number of carbonyl (C=O) groups is 3. The number of hydrogen-bond donors (Lipinski definition) is 3. The van der Waals surface area contributed by atoms with E-state index in [1.807, 2.05) is 12.1 Å². The molecule has 26 heavy (non-hydrogen) atoms. The van der Waals surface area contributed by atoms with Crippen LogP contribution in [0.3, 0.4) is 0 Å². The minimum Gasteiger partial charge on any atom is -0.353 e. The van der Waals surface area contributed by atoms with Crippen LogP contribution >= 0.6 is 12.4 Å². The summed E-state index contributed by atoms with van der Waals surface area (Å²) in [6.07, 6.45) is 2.51. The number of amides is 3. The summed E-state index contributed by atoms with van der Waals surface area (Å²) < 4.78 is 0. The number of piperazine rings is 1. The van der Waals surface area contributed by atoms with Gasteiger partial charge in [-0.3, -0.25) is 14.4 Å². The molecule has 1 heterocycles. The highest BCUT2D eigenvalue weighted by Crippen LogP contribution is 2.24. The summed E-state index contributed by atoms with van der Waals surface area (Å²) in [6.45, 7) is 1.54. The van der Waals surface area contributed by atoms with E-state index in [1.165, 1.54) is 0 Å². The van der Waals surface area contributed by atoms with Gasteiger partial charge in [-0.1, -0.05) is 12.1 Å². The van der Waals surface area contributed by atoms with Crippen LogP contribution in [0.15, 0.2) is 24.3 Å². The Hall–Kier alpha value is -2.12. The number of nitrogens with zero attached hydrogens (tertiary/aromatic N) is 1. The lowest BCUT2D eigenvalue weighted by atomic mass is 10.1. The molecule has 1 saturated heterocycles. The van der Waals surface area contributed by atoms with E-state index < -0.39 is 0 Å². The van der Waals surface area contributed by atoms with Crippen LogP contribution in [0.4, 0.5) is 0 Å². The van der Waals surface area contributed by atoms with Gasteiger partial charge >= 0.3 is 0 Å². The van der Waals surface area contributed by atoms with Crippen LogP contribution in [-0.2, 0) is 16.1 Å². The van der Waals surface area contributed by atoms with Crippen LogP contribution in [0.5, 0.6) is 0 Å². The lowest BCUT2D eigenvalue weighted by molar-refractivity contribution is -0.125. The standard InChI is InChI=1S/C18H24N4O3.ClH/c19-15-6-5-14(9-15)17(24)21-10-12-1-3-13(4-2-12)18(25)22-8-7-20-16(23)11-22;/h1-4,14-15H,5-11,19H2,(H,20,23)(H,21,24);1H. The molecule has 7 nitrogen and oxygen atoms in total. The fourth-order valence-corrected chi connectivity index (χ4v) is 3.35. The summed E-state index contributed by atoms with van der Waals surface area (Å²) in [6, 6.07) is 7.28. The maximum atomic E-state index is 12.4. The summed E-state index contributed by atoms with van der Waals surface area (Å²) in [4.78, 5) is 37.4. The Morgan fingerprint density at radius 1 is 1.23 bits per heavy atom. The molecule has 2 fully saturated rings. The predicted octanol–water partition coefficient (Wildman–Crippen LogP) is 0.424. The van der Waals surface area contributed by atoms with E-state index in [2.05, 4.69) is 10.6 Å². The van der Waals surface area contributed by atoms with Gasteiger partial charge in [0, 0.05) is 37.2 Å². The summed E-state index contributed by atoms with van der Waals surface area (Å²) in [5.74, 6) is -0.218. The van der Waals surface area contributed by atoms with Gasteiger partial charge in [-0.25, -0.2) is 0 Å². The quantitative estimate of drug-likeness (QED) is 0.704. The maximum Gasteiger partial charge on any atom is 0.254 e. The molecule has 0 radical (unpaired) electrons. The number of carbonyl (C=O) groups excluding carboxylic acids is 3. The highest BCUT2D eigenvalue weighted by molar-refractivity contribution is 5.97. The Morgan fingerprint density at radius 3 is 2.58 bits per heavy atom. The van der Waals surface area contributed by atoms with Crippen molar-refractivity contribution in [2.45, 2.75) is 31.8 Å². The Kier molecular flexibility index (Phi) is 6.99. The van der Waals surface area contributed by atoms with E-state index in [-0.39, 0.29) is 48.6 Å². The van der Waals surface area contributed by atoms with Crippen LogP contribution in [0.25, 0.3) is 0 Å².